The van der Waals surface area contributed by atoms with E-state index in [4.69, 9.17) is 0 Å². The van der Waals surface area contributed by atoms with Crippen LogP contribution in [0.1, 0.15) is 58.3 Å². The van der Waals surface area contributed by atoms with E-state index in [9.17, 15) is 4.91 Å². The number of rotatable bonds is 4. The molecule has 5 unspecified atom stereocenters. The second-order valence-electron chi connectivity index (χ2n) is 9.92. The molecule has 5 fully saturated rings. The smallest absolute Gasteiger partial charge is 0.269 e. The highest BCUT2D eigenvalue weighted by atomic mass is 16.3. The van der Waals surface area contributed by atoms with Crippen LogP contribution in [0.2, 0.25) is 0 Å². The summed E-state index contributed by atoms with van der Waals surface area (Å²) in [5.41, 5.74) is 4.20. The fraction of sp³-hybridized carbons (Fsp3) is 1.00. The van der Waals surface area contributed by atoms with Crippen LogP contribution in [0.15, 0.2) is 0 Å². The number of hydrogen-bond donors (Lipinski definition) is 4. The van der Waals surface area contributed by atoms with Crippen LogP contribution >= 0.6 is 0 Å². The topological polar surface area (TPSA) is 71.4 Å². The Morgan fingerprint density at radius 2 is 1.96 bits per heavy atom. The van der Waals surface area contributed by atoms with E-state index in [1.165, 1.54) is 49.8 Å². The highest BCUT2D eigenvalue weighted by molar-refractivity contribution is 5.05. The minimum Gasteiger partial charge on any atom is -0.311 e. The van der Waals surface area contributed by atoms with Crippen molar-refractivity contribution in [2.75, 3.05) is 26.2 Å². The van der Waals surface area contributed by atoms with Crippen LogP contribution in [0, 0.1) is 10.8 Å². The van der Waals surface area contributed by atoms with Crippen molar-refractivity contribution < 1.29 is 4.76 Å². The van der Waals surface area contributed by atoms with E-state index in [0.29, 0.717) is 23.7 Å². The summed E-state index contributed by atoms with van der Waals surface area (Å²) in [6.07, 6.45) is 10.4. The van der Waals surface area contributed by atoms with E-state index in [2.05, 4.69) is 26.4 Å². The fourth-order valence-corrected chi connectivity index (χ4v) is 5.94. The summed E-state index contributed by atoms with van der Waals surface area (Å²) in [4.78, 5) is 12.1. The fourth-order valence-electron chi connectivity index (χ4n) is 5.94. The van der Waals surface area contributed by atoms with Crippen LogP contribution in [-0.4, -0.2) is 71.8 Å². The number of piperazine rings is 1. The maximum atomic E-state index is 12.1. The van der Waals surface area contributed by atoms with Gasteiger partial charge >= 0.3 is 0 Å². The molecule has 0 aromatic heterocycles. The van der Waals surface area contributed by atoms with Gasteiger partial charge < -0.3 is 16.0 Å². The molecule has 4 saturated heterocycles. The van der Waals surface area contributed by atoms with Crippen LogP contribution in [-0.2, 0) is 0 Å². The van der Waals surface area contributed by atoms with Gasteiger partial charge in [0.2, 0.25) is 6.04 Å². The number of nitroso groups, excluding NO2 is 1. The first-order valence-electron chi connectivity index (χ1n) is 11.3. The number of hydrazine groups is 1. The van der Waals surface area contributed by atoms with Crippen LogP contribution in [0.3, 0.4) is 0 Å². The quantitative estimate of drug-likeness (QED) is 0.541. The van der Waals surface area contributed by atoms with Crippen molar-refractivity contribution in [2.45, 2.75) is 94.2 Å². The second kappa shape index (κ2) is 7.34. The molecule has 4 heterocycles. The van der Waals surface area contributed by atoms with Crippen LogP contribution in [0.4, 0.5) is 0 Å². The zero-order valence-corrected chi connectivity index (χ0v) is 16.8. The zero-order valence-electron chi connectivity index (χ0n) is 16.8. The van der Waals surface area contributed by atoms with Gasteiger partial charge in [-0.15, -0.1) is 0 Å². The third-order valence-electron chi connectivity index (χ3n) is 7.86. The average molecular weight is 378 g/mol. The molecule has 0 aromatic rings. The molecule has 0 amide bonds. The molecule has 27 heavy (non-hydrogen) atoms. The zero-order chi connectivity index (χ0) is 18.4. The van der Waals surface area contributed by atoms with Gasteiger partial charge in [0.25, 0.3) is 6.17 Å². The molecule has 0 radical (unpaired) electrons. The average Bonchev–Trinajstić information content (AvgIpc) is 3.37. The van der Waals surface area contributed by atoms with Crippen LogP contribution in [0.5, 0.6) is 0 Å². The first kappa shape index (κ1) is 18.4. The molecule has 1 aliphatic carbocycles. The molecule has 5 rings (SSSR count). The van der Waals surface area contributed by atoms with Crippen molar-refractivity contribution in [1.82, 2.24) is 26.4 Å². The Labute approximate surface area is 162 Å². The van der Waals surface area contributed by atoms with E-state index in [-0.39, 0.29) is 12.2 Å². The summed E-state index contributed by atoms with van der Waals surface area (Å²) in [5, 5.41) is 13.5. The molecule has 5 aliphatic rings. The van der Waals surface area contributed by atoms with Crippen molar-refractivity contribution in [3.8, 4) is 0 Å². The molecule has 1 spiro atoms. The van der Waals surface area contributed by atoms with Crippen molar-refractivity contribution in [1.29, 1.82) is 0 Å². The summed E-state index contributed by atoms with van der Waals surface area (Å²) in [6, 6.07) is 1.62. The maximum Gasteiger partial charge on any atom is 0.269 e. The Morgan fingerprint density at radius 3 is 2.74 bits per heavy atom. The van der Waals surface area contributed by atoms with E-state index in [1.807, 2.05) is 6.92 Å². The van der Waals surface area contributed by atoms with E-state index < -0.39 is 0 Å². The third kappa shape index (κ3) is 3.81. The molecule has 1 saturated carbocycles. The molecule has 7 nitrogen and oxygen atoms in total. The number of fused-ring (bicyclic) bond motifs is 1. The summed E-state index contributed by atoms with van der Waals surface area (Å²) < 4.78 is 1.28. The van der Waals surface area contributed by atoms with Gasteiger partial charge in [-0.05, 0) is 57.4 Å². The number of nitrogens with zero attached hydrogens (tertiary/aromatic N) is 2. The SMILES string of the molecule is CC1CN2NC(C3CNC(CC[C@@H]4CCNC5(CC5)C4)CN3)CCC2[N+]1=O. The predicted octanol–water partition coefficient (Wildman–Crippen LogP) is 0.705. The largest absolute Gasteiger partial charge is 0.311 e. The minimum atomic E-state index is 0.0419. The van der Waals surface area contributed by atoms with Gasteiger partial charge in [0, 0.05) is 59.8 Å². The summed E-state index contributed by atoms with van der Waals surface area (Å²) in [7, 11) is 0. The second-order valence-corrected chi connectivity index (χ2v) is 9.92. The Kier molecular flexibility index (Phi) is 5.01. The molecule has 0 aromatic carbocycles. The summed E-state index contributed by atoms with van der Waals surface area (Å²) in [6.45, 7) is 6.21. The molecule has 0 bridgehead atoms. The Bertz CT molecular complexity index is 559. The van der Waals surface area contributed by atoms with Crippen molar-refractivity contribution >= 4 is 0 Å². The monoisotopic (exact) mass is 377 g/mol. The lowest BCUT2D eigenvalue weighted by molar-refractivity contribution is -0.608. The number of piperidine rings is 1. The van der Waals surface area contributed by atoms with Crippen LogP contribution < -0.4 is 21.4 Å². The summed E-state index contributed by atoms with van der Waals surface area (Å²) in [5.74, 6) is 0.928. The number of hydrogen-bond acceptors (Lipinski definition) is 6. The van der Waals surface area contributed by atoms with Gasteiger partial charge in [-0.1, -0.05) is 0 Å². The predicted molar refractivity (Wildman–Crippen MR) is 105 cm³/mol. The third-order valence-corrected chi connectivity index (χ3v) is 7.86. The lowest BCUT2D eigenvalue weighted by Crippen LogP contribution is -2.66. The Balaban J connectivity index is 1.05. The standard InChI is InChI=1S/C20H37N6O/c1-14-13-25-19(26(14)27)5-4-17(24-25)18-12-21-16(11-22-18)3-2-15-6-9-23-20(10-15)7-8-20/h14-19,21-24H,2-13H2,1H3/q+1/t14?,15-,16?,17?,18?,19?/m1/s1. The first-order valence-corrected chi connectivity index (χ1v) is 11.3. The Hall–Kier alpha value is -0.600. The molecular weight excluding hydrogens is 340 g/mol. The van der Waals surface area contributed by atoms with Crippen molar-refractivity contribution in [3.05, 3.63) is 4.91 Å². The van der Waals surface area contributed by atoms with Crippen molar-refractivity contribution in [2.24, 2.45) is 5.92 Å². The van der Waals surface area contributed by atoms with E-state index in [1.54, 1.807) is 0 Å². The molecule has 152 valence electrons. The van der Waals surface area contributed by atoms with Gasteiger partial charge in [-0.3, -0.25) is 0 Å². The highest BCUT2D eigenvalue weighted by Crippen LogP contribution is 2.45. The Morgan fingerprint density at radius 1 is 1.07 bits per heavy atom. The minimum absolute atomic E-state index is 0.0419. The molecule has 4 N–H and O–H groups in total. The molecule has 6 atom stereocenters. The summed E-state index contributed by atoms with van der Waals surface area (Å²) >= 11 is 0. The van der Waals surface area contributed by atoms with Gasteiger partial charge in [0.05, 0.1) is 6.54 Å². The molecule has 7 heteroatoms. The first-order chi connectivity index (χ1) is 13.1. The van der Waals surface area contributed by atoms with Gasteiger partial charge in [0.1, 0.15) is 0 Å². The normalized spacial score (nSPS) is 44.4. The van der Waals surface area contributed by atoms with Crippen LogP contribution in [0.25, 0.3) is 0 Å². The van der Waals surface area contributed by atoms with Crippen molar-refractivity contribution in [3.63, 3.8) is 0 Å². The number of nitrogens with one attached hydrogen (secondary N) is 4. The lowest BCUT2D eigenvalue weighted by Gasteiger charge is -2.40. The maximum absolute atomic E-state index is 12.1. The van der Waals surface area contributed by atoms with Gasteiger partial charge in [0.15, 0.2) is 0 Å². The van der Waals surface area contributed by atoms with Gasteiger partial charge in [-0.2, -0.15) is 5.01 Å². The van der Waals surface area contributed by atoms with E-state index >= 15 is 0 Å². The molecule has 4 aliphatic heterocycles. The highest BCUT2D eigenvalue weighted by Gasteiger charge is 2.49. The van der Waals surface area contributed by atoms with Gasteiger partial charge in [-0.25, -0.2) is 5.43 Å². The van der Waals surface area contributed by atoms with E-state index in [0.717, 1.165) is 38.4 Å². The molecular formula is C20H37N6O+. The lowest BCUT2D eigenvalue weighted by atomic mass is 9.86.